The Morgan fingerprint density at radius 3 is 3.00 bits per heavy atom. The summed E-state index contributed by atoms with van der Waals surface area (Å²) in [5.74, 6) is -0.564. The number of nitrogens with zero attached hydrogens (tertiary/aromatic N) is 2. The van der Waals surface area contributed by atoms with Crippen molar-refractivity contribution in [2.75, 3.05) is 6.61 Å². The fourth-order valence-electron chi connectivity index (χ4n) is 2.04. The van der Waals surface area contributed by atoms with E-state index in [0.29, 0.717) is 21.4 Å². The first kappa shape index (κ1) is 12.7. The molecule has 0 aliphatic rings. The monoisotopic (exact) mass is 291 g/mol. The summed E-state index contributed by atoms with van der Waals surface area (Å²) in [5, 5.41) is 5.21. The van der Waals surface area contributed by atoms with E-state index in [0.717, 1.165) is 4.52 Å². The number of fused-ring (bicyclic) bond motifs is 3. The van der Waals surface area contributed by atoms with Crippen molar-refractivity contribution in [2.45, 2.75) is 6.92 Å². The molecule has 0 fully saturated rings. The molecule has 2 heterocycles. The van der Waals surface area contributed by atoms with Crippen LogP contribution in [0.25, 0.3) is 16.4 Å². The standard InChI is InChI=1S/C13H10ClN3O3/c1-2-20-12(18)10-6-11-8-5-7(14)3-4-9(8)15-13(19)17(11)16-10/h3-6H,2H2,1H3,(H,15,19). The number of aromatic nitrogens is 3. The molecule has 1 aromatic carbocycles. The van der Waals surface area contributed by atoms with Crippen LogP contribution < -0.4 is 5.69 Å². The lowest BCUT2D eigenvalue weighted by atomic mass is 10.2. The van der Waals surface area contributed by atoms with E-state index in [-0.39, 0.29) is 12.3 Å². The van der Waals surface area contributed by atoms with Crippen molar-refractivity contribution in [2.24, 2.45) is 0 Å². The average Bonchev–Trinajstić information content (AvgIpc) is 2.86. The van der Waals surface area contributed by atoms with E-state index in [4.69, 9.17) is 16.3 Å². The molecule has 6 nitrogen and oxygen atoms in total. The van der Waals surface area contributed by atoms with E-state index in [2.05, 4.69) is 10.1 Å². The minimum absolute atomic E-state index is 0.0878. The first-order valence-corrected chi connectivity index (χ1v) is 6.36. The smallest absolute Gasteiger partial charge is 0.358 e. The Balaban J connectivity index is 2.34. The van der Waals surface area contributed by atoms with Crippen molar-refractivity contribution in [3.63, 3.8) is 0 Å². The Kier molecular flexibility index (Phi) is 2.94. The number of hydrogen-bond acceptors (Lipinski definition) is 4. The lowest BCUT2D eigenvalue weighted by Gasteiger charge is -2.00. The topological polar surface area (TPSA) is 76.5 Å². The largest absolute Gasteiger partial charge is 0.461 e. The molecule has 102 valence electrons. The van der Waals surface area contributed by atoms with Gasteiger partial charge in [0.1, 0.15) is 0 Å². The fraction of sp³-hybridized carbons (Fsp3) is 0.154. The van der Waals surface area contributed by atoms with E-state index in [1.807, 2.05) is 0 Å². The molecule has 3 aromatic rings. The third kappa shape index (κ3) is 1.94. The summed E-state index contributed by atoms with van der Waals surface area (Å²) in [7, 11) is 0. The van der Waals surface area contributed by atoms with Gasteiger partial charge in [-0.05, 0) is 31.2 Å². The van der Waals surface area contributed by atoms with Crippen LogP contribution in [0.4, 0.5) is 0 Å². The highest BCUT2D eigenvalue weighted by atomic mass is 35.5. The van der Waals surface area contributed by atoms with E-state index < -0.39 is 11.7 Å². The third-order valence-corrected chi connectivity index (χ3v) is 3.12. The van der Waals surface area contributed by atoms with Crippen molar-refractivity contribution in [3.8, 4) is 0 Å². The summed E-state index contributed by atoms with van der Waals surface area (Å²) in [5.41, 5.74) is 0.798. The van der Waals surface area contributed by atoms with Crippen molar-refractivity contribution < 1.29 is 9.53 Å². The van der Waals surface area contributed by atoms with E-state index in [9.17, 15) is 9.59 Å². The number of ether oxygens (including phenoxy) is 1. The molecule has 0 aliphatic carbocycles. The average molecular weight is 292 g/mol. The molecular weight excluding hydrogens is 282 g/mol. The maximum absolute atomic E-state index is 11.9. The van der Waals surface area contributed by atoms with Gasteiger partial charge in [0.2, 0.25) is 0 Å². The first-order chi connectivity index (χ1) is 9.60. The summed E-state index contributed by atoms with van der Waals surface area (Å²) in [6, 6.07) is 6.61. The van der Waals surface area contributed by atoms with Gasteiger partial charge >= 0.3 is 11.7 Å². The summed E-state index contributed by atoms with van der Waals surface area (Å²) < 4.78 is 6.01. The summed E-state index contributed by atoms with van der Waals surface area (Å²) >= 11 is 5.96. The molecule has 0 spiro atoms. The van der Waals surface area contributed by atoms with Gasteiger partial charge in [-0.1, -0.05) is 11.6 Å². The van der Waals surface area contributed by atoms with Crippen molar-refractivity contribution in [1.29, 1.82) is 0 Å². The van der Waals surface area contributed by atoms with Crippen LogP contribution in [0.2, 0.25) is 5.02 Å². The molecule has 0 aliphatic heterocycles. The number of H-pyrrole nitrogens is 1. The highest BCUT2D eigenvalue weighted by Crippen LogP contribution is 2.21. The molecule has 3 rings (SSSR count). The van der Waals surface area contributed by atoms with Gasteiger partial charge in [-0.15, -0.1) is 0 Å². The normalized spacial score (nSPS) is 11.1. The number of aromatic amines is 1. The molecule has 0 radical (unpaired) electrons. The van der Waals surface area contributed by atoms with Crippen LogP contribution in [-0.2, 0) is 4.74 Å². The molecule has 0 saturated carbocycles. The second-order valence-corrected chi connectivity index (χ2v) is 4.60. The van der Waals surface area contributed by atoms with Crippen LogP contribution >= 0.6 is 11.6 Å². The molecule has 0 bridgehead atoms. The predicted molar refractivity (Wildman–Crippen MR) is 74.3 cm³/mol. The zero-order chi connectivity index (χ0) is 14.3. The number of carbonyl (C=O) groups is 1. The van der Waals surface area contributed by atoms with Crippen molar-refractivity contribution in [1.82, 2.24) is 14.6 Å². The SMILES string of the molecule is CCOC(=O)c1cc2c3cc(Cl)ccc3[nH]c(=O)n2n1. The molecule has 0 unspecified atom stereocenters. The molecule has 2 aromatic heterocycles. The molecule has 0 atom stereocenters. The quantitative estimate of drug-likeness (QED) is 0.733. The van der Waals surface area contributed by atoms with E-state index in [1.165, 1.54) is 6.07 Å². The second-order valence-electron chi connectivity index (χ2n) is 4.17. The van der Waals surface area contributed by atoms with Gasteiger partial charge in [0.25, 0.3) is 0 Å². The molecule has 0 saturated heterocycles. The lowest BCUT2D eigenvalue weighted by Crippen LogP contribution is -2.18. The van der Waals surface area contributed by atoms with E-state index in [1.54, 1.807) is 25.1 Å². The molecule has 1 N–H and O–H groups in total. The first-order valence-electron chi connectivity index (χ1n) is 5.98. The van der Waals surface area contributed by atoms with Gasteiger partial charge in [-0.2, -0.15) is 9.61 Å². The Bertz CT molecular complexity index is 882. The Morgan fingerprint density at radius 2 is 2.25 bits per heavy atom. The minimum Gasteiger partial charge on any atom is -0.461 e. The number of carbonyl (C=O) groups excluding carboxylic acids is 1. The second kappa shape index (κ2) is 4.64. The Labute approximate surface area is 117 Å². The Hall–Kier alpha value is -2.34. The molecule has 20 heavy (non-hydrogen) atoms. The van der Waals surface area contributed by atoms with Crippen molar-refractivity contribution in [3.05, 3.63) is 45.5 Å². The fourth-order valence-corrected chi connectivity index (χ4v) is 2.21. The zero-order valence-corrected chi connectivity index (χ0v) is 11.3. The van der Waals surface area contributed by atoms with Crippen LogP contribution in [0, 0.1) is 0 Å². The molecule has 0 amide bonds. The predicted octanol–water partition coefficient (Wildman–Crippen LogP) is 2.01. The third-order valence-electron chi connectivity index (χ3n) is 2.89. The van der Waals surface area contributed by atoms with Crippen LogP contribution in [0.15, 0.2) is 29.1 Å². The lowest BCUT2D eigenvalue weighted by molar-refractivity contribution is 0.0519. The minimum atomic E-state index is -0.564. The van der Waals surface area contributed by atoms with Gasteiger partial charge in [-0.3, -0.25) is 0 Å². The van der Waals surface area contributed by atoms with Crippen LogP contribution in [0.1, 0.15) is 17.4 Å². The van der Waals surface area contributed by atoms with Gasteiger partial charge in [0, 0.05) is 10.4 Å². The maximum atomic E-state index is 11.9. The van der Waals surface area contributed by atoms with E-state index >= 15 is 0 Å². The zero-order valence-electron chi connectivity index (χ0n) is 10.5. The summed E-state index contributed by atoms with van der Waals surface area (Å²) in [6.45, 7) is 1.95. The molecular formula is C13H10ClN3O3. The van der Waals surface area contributed by atoms with Gasteiger partial charge < -0.3 is 9.72 Å². The number of rotatable bonds is 2. The van der Waals surface area contributed by atoms with Crippen LogP contribution in [-0.4, -0.2) is 27.2 Å². The number of halogens is 1. The highest BCUT2D eigenvalue weighted by molar-refractivity contribution is 6.31. The van der Waals surface area contributed by atoms with Gasteiger partial charge in [-0.25, -0.2) is 9.59 Å². The maximum Gasteiger partial charge on any atom is 0.358 e. The highest BCUT2D eigenvalue weighted by Gasteiger charge is 2.15. The van der Waals surface area contributed by atoms with Crippen molar-refractivity contribution >= 4 is 34.0 Å². The summed E-state index contributed by atoms with van der Waals surface area (Å²) in [4.78, 5) is 26.3. The number of hydrogen-bond donors (Lipinski definition) is 1. The van der Waals surface area contributed by atoms with Crippen LogP contribution in [0.3, 0.4) is 0 Å². The molecule has 7 heteroatoms. The van der Waals surface area contributed by atoms with Gasteiger partial charge in [0.05, 0.1) is 17.6 Å². The Morgan fingerprint density at radius 1 is 1.45 bits per heavy atom. The number of benzene rings is 1. The number of nitrogens with one attached hydrogen (secondary N) is 1. The van der Waals surface area contributed by atoms with Crippen LogP contribution in [0.5, 0.6) is 0 Å². The number of esters is 1. The van der Waals surface area contributed by atoms with Gasteiger partial charge in [0.15, 0.2) is 5.69 Å². The summed E-state index contributed by atoms with van der Waals surface area (Å²) in [6.07, 6.45) is 0.